The summed E-state index contributed by atoms with van der Waals surface area (Å²) in [5, 5.41) is 0.825. The van der Waals surface area contributed by atoms with Gasteiger partial charge in [-0.2, -0.15) is 11.8 Å². The molecule has 0 spiro atoms. The molecule has 2 rings (SSSR count). The van der Waals surface area contributed by atoms with Crippen LogP contribution in [-0.2, 0) is 4.74 Å². The third-order valence-corrected chi connectivity index (χ3v) is 4.44. The van der Waals surface area contributed by atoms with Gasteiger partial charge in [-0.3, -0.25) is 0 Å². The number of rotatable bonds is 3. The number of hydrogen-bond donors (Lipinski definition) is 1. The predicted octanol–water partition coefficient (Wildman–Crippen LogP) is 1.46. The summed E-state index contributed by atoms with van der Waals surface area (Å²) in [5.74, 6) is 2.09. The number of thioether (sulfide) groups is 1. The van der Waals surface area contributed by atoms with Crippen molar-refractivity contribution < 1.29 is 9.53 Å². The number of carbonyl (C=O) groups excluding carboxylic acids is 1. The molecule has 0 bridgehead atoms. The van der Waals surface area contributed by atoms with Gasteiger partial charge in [0.05, 0.1) is 6.61 Å². The Bertz CT molecular complexity index is 402. The van der Waals surface area contributed by atoms with Crippen molar-refractivity contribution >= 4 is 40.0 Å². The summed E-state index contributed by atoms with van der Waals surface area (Å²) in [6, 6.07) is 0. The second-order valence-corrected chi connectivity index (χ2v) is 5.73. The Morgan fingerprint density at radius 2 is 2.24 bits per heavy atom. The molecule has 7 heteroatoms. The summed E-state index contributed by atoms with van der Waals surface area (Å²) in [6.45, 7) is 4.05. The van der Waals surface area contributed by atoms with Crippen LogP contribution in [-0.4, -0.2) is 42.2 Å². The largest absolute Gasteiger partial charge is 0.462 e. The van der Waals surface area contributed by atoms with Crippen LogP contribution in [0.4, 0.5) is 10.9 Å². The third kappa shape index (κ3) is 2.84. The Balaban J connectivity index is 2.14. The molecule has 1 saturated heterocycles. The monoisotopic (exact) mass is 273 g/mol. The average Bonchev–Trinajstić information content (AvgIpc) is 2.73. The molecule has 1 aliphatic heterocycles. The number of thiazole rings is 1. The fourth-order valence-electron chi connectivity index (χ4n) is 1.55. The van der Waals surface area contributed by atoms with Gasteiger partial charge in [-0.05, 0) is 6.92 Å². The molecule has 2 N–H and O–H groups in total. The molecule has 0 atom stereocenters. The molecule has 0 saturated carbocycles. The normalized spacial score (nSPS) is 15.9. The molecule has 0 unspecified atom stereocenters. The molecule has 1 aromatic heterocycles. The van der Waals surface area contributed by atoms with Gasteiger partial charge in [0, 0.05) is 24.6 Å². The van der Waals surface area contributed by atoms with Gasteiger partial charge < -0.3 is 15.4 Å². The number of hydrogen-bond acceptors (Lipinski definition) is 7. The first-order chi connectivity index (χ1) is 8.22. The van der Waals surface area contributed by atoms with E-state index in [-0.39, 0.29) is 11.8 Å². The molecule has 17 heavy (non-hydrogen) atoms. The number of nitrogen functional groups attached to an aromatic ring is 1. The summed E-state index contributed by atoms with van der Waals surface area (Å²) >= 11 is 3.25. The van der Waals surface area contributed by atoms with Gasteiger partial charge in [-0.1, -0.05) is 11.3 Å². The zero-order valence-electron chi connectivity index (χ0n) is 9.64. The SMILES string of the molecule is CCOC(=O)c1sc(N2CCSCC2)nc1N. The number of nitrogens with two attached hydrogens (primary N) is 1. The van der Waals surface area contributed by atoms with E-state index in [1.807, 2.05) is 11.8 Å². The number of carbonyl (C=O) groups is 1. The van der Waals surface area contributed by atoms with Crippen molar-refractivity contribution in [2.75, 3.05) is 41.8 Å². The minimum absolute atomic E-state index is 0.279. The van der Waals surface area contributed by atoms with Crippen molar-refractivity contribution in [1.29, 1.82) is 0 Å². The van der Waals surface area contributed by atoms with E-state index in [1.54, 1.807) is 6.92 Å². The third-order valence-electron chi connectivity index (χ3n) is 2.38. The lowest BCUT2D eigenvalue weighted by Crippen LogP contribution is -2.32. The zero-order valence-corrected chi connectivity index (χ0v) is 11.3. The fourth-order valence-corrected chi connectivity index (χ4v) is 3.39. The molecule has 0 aliphatic carbocycles. The Morgan fingerprint density at radius 3 is 2.88 bits per heavy atom. The fraction of sp³-hybridized carbons (Fsp3) is 0.600. The van der Waals surface area contributed by atoms with Gasteiger partial charge in [0.25, 0.3) is 0 Å². The number of aromatic nitrogens is 1. The minimum Gasteiger partial charge on any atom is -0.462 e. The smallest absolute Gasteiger partial charge is 0.352 e. The topological polar surface area (TPSA) is 68.5 Å². The zero-order chi connectivity index (χ0) is 12.3. The average molecular weight is 273 g/mol. The van der Waals surface area contributed by atoms with E-state index in [2.05, 4.69) is 9.88 Å². The minimum atomic E-state index is -0.375. The highest BCUT2D eigenvalue weighted by Gasteiger charge is 2.21. The van der Waals surface area contributed by atoms with E-state index in [9.17, 15) is 4.79 Å². The van der Waals surface area contributed by atoms with Gasteiger partial charge in [0.2, 0.25) is 0 Å². The van der Waals surface area contributed by atoms with Gasteiger partial charge in [0.1, 0.15) is 0 Å². The second-order valence-electron chi connectivity index (χ2n) is 3.53. The van der Waals surface area contributed by atoms with Gasteiger partial charge in [0.15, 0.2) is 15.8 Å². The van der Waals surface area contributed by atoms with E-state index in [1.165, 1.54) is 11.3 Å². The molecule has 1 aliphatic rings. The van der Waals surface area contributed by atoms with Crippen LogP contribution in [0, 0.1) is 0 Å². The molecule has 1 aromatic rings. The maximum Gasteiger partial charge on any atom is 0.352 e. The summed E-state index contributed by atoms with van der Waals surface area (Å²) in [7, 11) is 0. The highest BCUT2D eigenvalue weighted by atomic mass is 32.2. The van der Waals surface area contributed by atoms with Crippen LogP contribution in [0.15, 0.2) is 0 Å². The van der Waals surface area contributed by atoms with Gasteiger partial charge in [-0.15, -0.1) is 0 Å². The van der Waals surface area contributed by atoms with Gasteiger partial charge in [-0.25, -0.2) is 9.78 Å². The molecule has 1 fully saturated rings. The Labute approximate surface area is 108 Å². The van der Waals surface area contributed by atoms with Crippen LogP contribution in [0.25, 0.3) is 0 Å². The highest BCUT2D eigenvalue weighted by Crippen LogP contribution is 2.30. The van der Waals surface area contributed by atoms with E-state index in [0.29, 0.717) is 11.5 Å². The predicted molar refractivity (Wildman–Crippen MR) is 72.0 cm³/mol. The van der Waals surface area contributed by atoms with E-state index in [0.717, 1.165) is 29.7 Å². The molecule has 94 valence electrons. The van der Waals surface area contributed by atoms with E-state index in [4.69, 9.17) is 10.5 Å². The van der Waals surface area contributed by atoms with Crippen LogP contribution in [0.5, 0.6) is 0 Å². The molecule has 0 radical (unpaired) electrons. The van der Waals surface area contributed by atoms with Crippen molar-refractivity contribution in [3.63, 3.8) is 0 Å². The van der Waals surface area contributed by atoms with E-state index < -0.39 is 0 Å². The number of ether oxygens (including phenoxy) is 1. The molecule has 5 nitrogen and oxygen atoms in total. The van der Waals surface area contributed by atoms with Crippen LogP contribution in [0.3, 0.4) is 0 Å². The maximum atomic E-state index is 11.6. The maximum absolute atomic E-state index is 11.6. The Morgan fingerprint density at radius 1 is 1.53 bits per heavy atom. The number of esters is 1. The highest BCUT2D eigenvalue weighted by molar-refractivity contribution is 7.99. The molecule has 2 heterocycles. The van der Waals surface area contributed by atoms with Crippen molar-refractivity contribution in [2.24, 2.45) is 0 Å². The molecule has 0 aromatic carbocycles. The van der Waals surface area contributed by atoms with Crippen molar-refractivity contribution in [3.8, 4) is 0 Å². The van der Waals surface area contributed by atoms with Crippen LogP contribution < -0.4 is 10.6 Å². The Hall–Kier alpha value is -0.950. The van der Waals surface area contributed by atoms with Crippen molar-refractivity contribution in [3.05, 3.63) is 4.88 Å². The molecule has 0 amide bonds. The van der Waals surface area contributed by atoms with Crippen LogP contribution in [0.1, 0.15) is 16.6 Å². The summed E-state index contributed by atoms with van der Waals surface area (Å²) < 4.78 is 4.94. The first kappa shape index (κ1) is 12.5. The lowest BCUT2D eigenvalue weighted by atomic mass is 10.5. The lowest BCUT2D eigenvalue weighted by Gasteiger charge is -2.25. The Kier molecular flexibility index (Phi) is 4.11. The summed E-state index contributed by atoms with van der Waals surface area (Å²) in [5.41, 5.74) is 5.75. The second kappa shape index (κ2) is 5.59. The van der Waals surface area contributed by atoms with Crippen molar-refractivity contribution in [2.45, 2.75) is 6.92 Å². The summed E-state index contributed by atoms with van der Waals surface area (Å²) in [6.07, 6.45) is 0. The molecular weight excluding hydrogens is 258 g/mol. The first-order valence-corrected chi connectivity index (χ1v) is 7.45. The quantitative estimate of drug-likeness (QED) is 0.841. The van der Waals surface area contributed by atoms with Crippen LogP contribution in [0.2, 0.25) is 0 Å². The standard InChI is InChI=1S/C10H15N3O2S2/c1-2-15-9(14)7-8(11)12-10(17-7)13-3-5-16-6-4-13/h2-6,11H2,1H3. The first-order valence-electron chi connectivity index (χ1n) is 5.48. The summed E-state index contributed by atoms with van der Waals surface area (Å²) in [4.78, 5) is 18.4. The van der Waals surface area contributed by atoms with E-state index >= 15 is 0 Å². The molecular formula is C10H15N3O2S2. The van der Waals surface area contributed by atoms with Gasteiger partial charge >= 0.3 is 5.97 Å². The van der Waals surface area contributed by atoms with Crippen molar-refractivity contribution in [1.82, 2.24) is 4.98 Å². The van der Waals surface area contributed by atoms with Crippen LogP contribution >= 0.6 is 23.1 Å². The lowest BCUT2D eigenvalue weighted by molar-refractivity contribution is 0.0533. The number of nitrogens with zero attached hydrogens (tertiary/aromatic N) is 2. The number of anilines is 2.